The summed E-state index contributed by atoms with van der Waals surface area (Å²) in [7, 11) is 0. The summed E-state index contributed by atoms with van der Waals surface area (Å²) >= 11 is 6.09. The van der Waals surface area contributed by atoms with E-state index in [1.807, 2.05) is 18.2 Å². The number of benzene rings is 1. The number of nitrogens with zero attached hydrogens (tertiary/aromatic N) is 1. The molecule has 2 aliphatic rings. The summed E-state index contributed by atoms with van der Waals surface area (Å²) in [4.78, 5) is 29.5. The summed E-state index contributed by atoms with van der Waals surface area (Å²) in [5.74, 6) is 0.286. The fourth-order valence-corrected chi connectivity index (χ4v) is 4.12. The van der Waals surface area contributed by atoms with Crippen molar-refractivity contribution in [3.8, 4) is 0 Å². The first-order valence-electron chi connectivity index (χ1n) is 10.1. The minimum atomic E-state index is -0.0119. The molecule has 0 aromatic heterocycles. The van der Waals surface area contributed by atoms with Gasteiger partial charge in [0.1, 0.15) is 26.2 Å². The molecule has 2 fully saturated rings. The lowest BCUT2D eigenvalue weighted by molar-refractivity contribution is -1.00. The number of carbonyl (C=O) groups is 2. The molecule has 0 bridgehead atoms. The van der Waals surface area contributed by atoms with Gasteiger partial charge in [-0.25, -0.2) is 0 Å². The first-order chi connectivity index (χ1) is 13.1. The number of amides is 2. The summed E-state index contributed by atoms with van der Waals surface area (Å²) < 4.78 is 0. The van der Waals surface area contributed by atoms with Crippen LogP contribution in [0, 0.1) is 0 Å². The highest BCUT2D eigenvalue weighted by molar-refractivity contribution is 6.33. The zero-order valence-corrected chi connectivity index (χ0v) is 16.7. The zero-order valence-electron chi connectivity index (χ0n) is 15.9. The molecule has 1 aromatic carbocycles. The lowest BCUT2D eigenvalue weighted by Crippen LogP contribution is -3.28. The highest BCUT2D eigenvalue weighted by Gasteiger charge is 2.28. The van der Waals surface area contributed by atoms with Crippen LogP contribution < -0.4 is 15.1 Å². The van der Waals surface area contributed by atoms with Crippen LogP contribution in [0.5, 0.6) is 0 Å². The largest absolute Gasteiger partial charge is 0.338 e. The van der Waals surface area contributed by atoms with Crippen LogP contribution in [-0.2, 0) is 9.59 Å². The van der Waals surface area contributed by atoms with E-state index in [0.717, 1.165) is 52.1 Å². The van der Waals surface area contributed by atoms with Crippen LogP contribution in [0.3, 0.4) is 0 Å². The van der Waals surface area contributed by atoms with Crippen LogP contribution in [0.4, 0.5) is 5.69 Å². The fourth-order valence-electron chi connectivity index (χ4n) is 3.94. The van der Waals surface area contributed by atoms with Crippen molar-refractivity contribution in [1.29, 1.82) is 0 Å². The van der Waals surface area contributed by atoms with Crippen LogP contribution in [-0.4, -0.2) is 69.1 Å². The van der Waals surface area contributed by atoms with Crippen molar-refractivity contribution in [3.63, 3.8) is 0 Å². The highest BCUT2D eigenvalue weighted by atomic mass is 35.5. The quantitative estimate of drug-likeness (QED) is 0.628. The van der Waals surface area contributed by atoms with Gasteiger partial charge in [0.05, 0.1) is 10.7 Å². The Hall–Kier alpha value is -1.63. The second kappa shape index (κ2) is 10.1. The molecule has 2 heterocycles. The first kappa shape index (κ1) is 20.1. The lowest BCUT2D eigenvalue weighted by Gasteiger charge is -2.30. The summed E-state index contributed by atoms with van der Waals surface area (Å²) in [5.41, 5.74) is 0.663. The van der Waals surface area contributed by atoms with E-state index >= 15 is 0 Å². The smallest absolute Gasteiger partial charge is 0.279 e. The average Bonchev–Trinajstić information content (AvgIpc) is 2.95. The van der Waals surface area contributed by atoms with Gasteiger partial charge in [0.25, 0.3) is 11.8 Å². The van der Waals surface area contributed by atoms with E-state index in [2.05, 4.69) is 10.2 Å². The Morgan fingerprint density at radius 3 is 2.15 bits per heavy atom. The van der Waals surface area contributed by atoms with Gasteiger partial charge in [-0.15, -0.1) is 0 Å². The van der Waals surface area contributed by atoms with Gasteiger partial charge in [0.2, 0.25) is 0 Å². The second-order valence-corrected chi connectivity index (χ2v) is 8.08. The van der Waals surface area contributed by atoms with E-state index in [9.17, 15) is 9.59 Å². The Kier molecular flexibility index (Phi) is 7.50. The van der Waals surface area contributed by atoms with Crippen molar-refractivity contribution in [1.82, 2.24) is 4.90 Å². The molecule has 0 unspecified atom stereocenters. The number of quaternary nitrogens is 2. The maximum Gasteiger partial charge on any atom is 0.279 e. The van der Waals surface area contributed by atoms with E-state index in [4.69, 9.17) is 11.6 Å². The summed E-state index contributed by atoms with van der Waals surface area (Å²) in [6.07, 6.45) is 4.77. The normalized spacial score (nSPS) is 23.5. The lowest BCUT2D eigenvalue weighted by atomic mass is 10.2. The number of anilines is 1. The fraction of sp³-hybridized carbons (Fsp3) is 0.600. The van der Waals surface area contributed by atoms with Crippen molar-refractivity contribution in [2.24, 2.45) is 0 Å². The molecule has 1 aromatic rings. The van der Waals surface area contributed by atoms with Crippen LogP contribution in [0.25, 0.3) is 0 Å². The molecular formula is C20H31ClN4O2+2. The first-order valence-corrected chi connectivity index (χ1v) is 10.5. The molecule has 6 nitrogen and oxygen atoms in total. The van der Waals surface area contributed by atoms with Gasteiger partial charge in [-0.2, -0.15) is 0 Å². The minimum Gasteiger partial charge on any atom is -0.338 e. The third kappa shape index (κ3) is 6.19. The molecular weight excluding hydrogens is 364 g/mol. The molecule has 2 amide bonds. The molecule has 0 saturated carbocycles. The molecule has 27 heavy (non-hydrogen) atoms. The molecule has 0 atom stereocenters. The van der Waals surface area contributed by atoms with Gasteiger partial charge in [0.15, 0.2) is 13.1 Å². The predicted molar refractivity (Wildman–Crippen MR) is 106 cm³/mol. The van der Waals surface area contributed by atoms with Crippen LogP contribution >= 0.6 is 11.6 Å². The van der Waals surface area contributed by atoms with Crippen LogP contribution in [0.1, 0.15) is 25.7 Å². The van der Waals surface area contributed by atoms with Crippen molar-refractivity contribution in [2.75, 3.05) is 57.7 Å². The van der Waals surface area contributed by atoms with Gasteiger partial charge in [-0.3, -0.25) is 9.59 Å². The molecule has 3 rings (SSSR count). The summed E-state index contributed by atoms with van der Waals surface area (Å²) in [5, 5.41) is 3.45. The highest BCUT2D eigenvalue weighted by Crippen LogP contribution is 2.19. The molecule has 3 N–H and O–H groups in total. The zero-order chi connectivity index (χ0) is 19.1. The number of halogens is 1. The molecule has 148 valence electrons. The molecule has 7 heteroatoms. The summed E-state index contributed by atoms with van der Waals surface area (Å²) in [6.45, 7) is 6.59. The van der Waals surface area contributed by atoms with Gasteiger partial charge in [-0.1, -0.05) is 36.6 Å². The van der Waals surface area contributed by atoms with Gasteiger partial charge in [-0.05, 0) is 25.0 Å². The number of hydrogen-bond acceptors (Lipinski definition) is 2. The van der Waals surface area contributed by atoms with E-state index in [-0.39, 0.29) is 5.91 Å². The predicted octanol–water partition coefficient (Wildman–Crippen LogP) is -0.535. The SMILES string of the molecule is O=C(C[NH+]1CC[NH+](CC(=O)N2CCCCCC2)CC1)Nc1ccccc1Cl. The topological polar surface area (TPSA) is 58.3 Å². The van der Waals surface area contributed by atoms with Crippen molar-refractivity contribution >= 4 is 29.1 Å². The molecule has 0 aliphatic carbocycles. The van der Waals surface area contributed by atoms with Crippen molar-refractivity contribution in [2.45, 2.75) is 25.7 Å². The molecule has 0 spiro atoms. The number of rotatable bonds is 5. The second-order valence-electron chi connectivity index (χ2n) is 7.68. The summed E-state index contributed by atoms with van der Waals surface area (Å²) in [6, 6.07) is 7.29. The average molecular weight is 395 g/mol. The van der Waals surface area contributed by atoms with E-state index in [1.54, 1.807) is 6.07 Å². The number of hydrogen-bond donors (Lipinski definition) is 3. The minimum absolute atomic E-state index is 0.0119. The number of nitrogens with one attached hydrogen (secondary N) is 3. The van der Waals surface area contributed by atoms with Crippen molar-refractivity contribution < 1.29 is 19.4 Å². The number of piperazine rings is 1. The maximum absolute atomic E-state index is 12.5. The van der Waals surface area contributed by atoms with Crippen LogP contribution in [0.2, 0.25) is 5.02 Å². The molecule has 2 aliphatic heterocycles. The standard InChI is InChI=1S/C20H29ClN4O2/c21-17-7-3-4-8-18(17)22-19(26)15-23-11-13-24(14-12-23)16-20(27)25-9-5-1-2-6-10-25/h3-4,7-8H,1-2,5-6,9-16H2,(H,22,26)/p+2. The number of para-hydroxylation sites is 1. The van der Waals surface area contributed by atoms with Gasteiger partial charge < -0.3 is 20.0 Å². The Morgan fingerprint density at radius 2 is 1.52 bits per heavy atom. The van der Waals surface area contributed by atoms with Crippen LogP contribution in [0.15, 0.2) is 24.3 Å². The monoisotopic (exact) mass is 394 g/mol. The van der Waals surface area contributed by atoms with Crippen molar-refractivity contribution in [3.05, 3.63) is 29.3 Å². The number of likely N-dealkylation sites (tertiary alicyclic amines) is 1. The number of carbonyl (C=O) groups excluding carboxylic acids is 2. The Bertz CT molecular complexity index is 639. The van der Waals surface area contributed by atoms with Gasteiger partial charge in [0, 0.05) is 13.1 Å². The van der Waals surface area contributed by atoms with E-state index in [1.165, 1.54) is 22.6 Å². The Labute approximate surface area is 166 Å². The molecule has 2 saturated heterocycles. The Balaban J connectivity index is 1.39. The van der Waals surface area contributed by atoms with E-state index < -0.39 is 0 Å². The maximum atomic E-state index is 12.5. The molecule has 0 radical (unpaired) electrons. The third-order valence-electron chi connectivity index (χ3n) is 5.58. The Morgan fingerprint density at radius 1 is 0.926 bits per heavy atom. The van der Waals surface area contributed by atoms with E-state index in [0.29, 0.717) is 29.7 Å². The van der Waals surface area contributed by atoms with Gasteiger partial charge >= 0.3 is 0 Å². The third-order valence-corrected chi connectivity index (χ3v) is 5.91.